The van der Waals surface area contributed by atoms with Crippen molar-refractivity contribution in [2.24, 2.45) is 34.3 Å². The molecule has 0 bridgehead atoms. The van der Waals surface area contributed by atoms with Crippen molar-refractivity contribution in [3.05, 3.63) is 35.9 Å². The Kier molecular flexibility index (Phi) is 9.63. The van der Waals surface area contributed by atoms with Gasteiger partial charge in [0, 0.05) is 6.54 Å². The number of nitrogens with zero attached hydrogens (tertiary/aromatic N) is 1. The van der Waals surface area contributed by atoms with Gasteiger partial charge in [-0.1, -0.05) is 89.6 Å². The summed E-state index contributed by atoms with van der Waals surface area (Å²) in [6.07, 6.45) is 10.0. The van der Waals surface area contributed by atoms with E-state index in [9.17, 15) is 24.0 Å². The third-order valence-corrected chi connectivity index (χ3v) is 11.9. The number of benzene rings is 1. The molecule has 5 N–H and O–H groups in total. The lowest BCUT2D eigenvalue weighted by Gasteiger charge is -2.40. The van der Waals surface area contributed by atoms with Gasteiger partial charge >= 0.3 is 6.03 Å². The topological polar surface area (TPSA) is 160 Å². The molecule has 1 unspecified atom stereocenters. The van der Waals surface area contributed by atoms with E-state index in [0.29, 0.717) is 26.2 Å². The number of hydrogen-bond donors (Lipinski definition) is 4. The summed E-state index contributed by atoms with van der Waals surface area (Å²) >= 11 is 0. The first-order valence-electron chi connectivity index (χ1n) is 18.0. The monoisotopic (exact) mass is 663 g/mol. The number of primary amides is 1. The Bertz CT molecular complexity index is 1390. The number of rotatable bonds is 13. The van der Waals surface area contributed by atoms with E-state index in [-0.39, 0.29) is 29.1 Å². The molecule has 11 heteroatoms. The fourth-order valence-electron chi connectivity index (χ4n) is 8.76. The molecular weight excluding hydrogens is 610 g/mol. The van der Waals surface area contributed by atoms with Crippen molar-refractivity contribution < 1.29 is 28.7 Å². The number of nitrogens with two attached hydrogens (primary N) is 1. The van der Waals surface area contributed by atoms with E-state index < -0.39 is 52.7 Å². The van der Waals surface area contributed by atoms with Crippen molar-refractivity contribution >= 4 is 29.5 Å². The number of likely N-dealkylation sites (tertiary alicyclic amines) is 1. The molecular formula is C37H53N5O6. The highest BCUT2D eigenvalue weighted by atomic mass is 16.5. The highest BCUT2D eigenvalue weighted by Gasteiger charge is 2.79. The molecule has 262 valence electrons. The molecule has 11 nitrogen and oxygen atoms in total. The number of Topliss-reactive ketones (excluding diaryl/α,β-unsaturated/α-hetero) is 1. The van der Waals surface area contributed by atoms with Crippen molar-refractivity contribution in [1.82, 2.24) is 20.9 Å². The van der Waals surface area contributed by atoms with Gasteiger partial charge < -0.3 is 31.3 Å². The van der Waals surface area contributed by atoms with Gasteiger partial charge in [0.05, 0.1) is 24.8 Å². The Hall–Kier alpha value is -3.47. The molecule has 1 saturated heterocycles. The van der Waals surface area contributed by atoms with Crippen LogP contribution in [0.15, 0.2) is 30.3 Å². The minimum Gasteiger partial charge on any atom is -0.374 e. The fourth-order valence-corrected chi connectivity index (χ4v) is 8.76. The van der Waals surface area contributed by atoms with Crippen LogP contribution < -0.4 is 21.7 Å². The zero-order chi connectivity index (χ0) is 34.3. The maximum Gasteiger partial charge on any atom is 0.315 e. The first-order chi connectivity index (χ1) is 22.8. The summed E-state index contributed by atoms with van der Waals surface area (Å²) in [4.78, 5) is 68.5. The molecule has 1 aromatic rings. The zero-order valence-electron chi connectivity index (χ0n) is 28.7. The van der Waals surface area contributed by atoms with Crippen molar-refractivity contribution in [2.45, 2.75) is 122 Å². The fraction of sp³-hybridized carbons (Fsp3) is 0.703. The number of nitrogens with one attached hydrogen (secondary N) is 3. The second-order valence-electron chi connectivity index (χ2n) is 16.3. The van der Waals surface area contributed by atoms with E-state index >= 15 is 0 Å². The van der Waals surface area contributed by atoms with Crippen LogP contribution in [-0.4, -0.2) is 71.3 Å². The number of carbonyl (C=O) groups excluding carboxylic acids is 5. The normalized spacial score (nSPS) is 26.4. The SMILES string of the molecule is CC(C)(C)[C@H](NC(=O)NC1(COCc2ccccc2)CCCCC1)C(=O)N1C[C@H]2[C@@H]([C@H]1C(=O)NC(CC1CCC1)C(=O)C(N)=O)C21CC1. The van der Waals surface area contributed by atoms with E-state index in [0.717, 1.165) is 69.8 Å². The molecule has 4 aliphatic carbocycles. The van der Waals surface area contributed by atoms with Gasteiger partial charge in [-0.3, -0.25) is 19.2 Å². The maximum atomic E-state index is 14.4. The molecule has 5 fully saturated rings. The smallest absolute Gasteiger partial charge is 0.315 e. The van der Waals surface area contributed by atoms with Gasteiger partial charge in [-0.2, -0.15) is 0 Å². The lowest BCUT2D eigenvalue weighted by molar-refractivity contribution is -0.145. The number of piperidine rings is 1. The predicted molar refractivity (Wildman–Crippen MR) is 179 cm³/mol. The number of carbonyl (C=O) groups is 5. The third-order valence-electron chi connectivity index (χ3n) is 11.9. The number of hydrogen-bond acceptors (Lipinski definition) is 6. The number of ketones is 1. The summed E-state index contributed by atoms with van der Waals surface area (Å²) in [5, 5.41) is 9.08. The van der Waals surface area contributed by atoms with Crippen LogP contribution >= 0.6 is 0 Å². The minimum atomic E-state index is -1.06. The van der Waals surface area contributed by atoms with Crippen LogP contribution in [0.1, 0.15) is 97.0 Å². The van der Waals surface area contributed by atoms with Crippen LogP contribution in [0.5, 0.6) is 0 Å². The van der Waals surface area contributed by atoms with Gasteiger partial charge in [-0.25, -0.2) is 4.79 Å². The van der Waals surface area contributed by atoms with E-state index in [1.807, 2.05) is 51.1 Å². The number of amides is 5. The summed E-state index contributed by atoms with van der Waals surface area (Å²) < 4.78 is 6.13. The molecule has 1 aliphatic heterocycles. The molecule has 4 saturated carbocycles. The average molecular weight is 664 g/mol. The average Bonchev–Trinajstić information content (AvgIpc) is 3.88. The number of fused-ring (bicyclic) bond motifs is 3. The van der Waals surface area contributed by atoms with Gasteiger partial charge in [0.25, 0.3) is 5.91 Å². The molecule has 0 radical (unpaired) electrons. The quantitative estimate of drug-likeness (QED) is 0.236. The van der Waals surface area contributed by atoms with Crippen LogP contribution in [0, 0.1) is 28.6 Å². The molecule has 5 amide bonds. The largest absolute Gasteiger partial charge is 0.374 e. The van der Waals surface area contributed by atoms with Gasteiger partial charge in [0.1, 0.15) is 12.1 Å². The van der Waals surface area contributed by atoms with E-state index in [4.69, 9.17) is 10.5 Å². The summed E-state index contributed by atoms with van der Waals surface area (Å²) in [5.74, 6) is -2.09. The Labute approximate surface area is 283 Å². The number of urea groups is 1. The molecule has 1 spiro atoms. The summed E-state index contributed by atoms with van der Waals surface area (Å²) in [7, 11) is 0. The van der Waals surface area contributed by atoms with Crippen LogP contribution in [-0.2, 0) is 30.5 Å². The van der Waals surface area contributed by atoms with Crippen molar-refractivity contribution in [3.63, 3.8) is 0 Å². The van der Waals surface area contributed by atoms with Crippen molar-refractivity contribution in [2.75, 3.05) is 13.2 Å². The van der Waals surface area contributed by atoms with Gasteiger partial charge in [0.15, 0.2) is 0 Å². The third kappa shape index (κ3) is 7.12. The second-order valence-corrected chi connectivity index (χ2v) is 16.3. The predicted octanol–water partition coefficient (Wildman–Crippen LogP) is 3.59. The van der Waals surface area contributed by atoms with Crippen LogP contribution in [0.4, 0.5) is 4.79 Å². The Balaban J connectivity index is 1.15. The highest BCUT2D eigenvalue weighted by molar-refractivity contribution is 6.37. The zero-order valence-corrected chi connectivity index (χ0v) is 28.7. The first-order valence-corrected chi connectivity index (χ1v) is 18.0. The lowest BCUT2D eigenvalue weighted by Crippen LogP contribution is -2.63. The van der Waals surface area contributed by atoms with Crippen LogP contribution in [0.3, 0.4) is 0 Å². The molecule has 5 aliphatic rings. The van der Waals surface area contributed by atoms with Gasteiger partial charge in [0.2, 0.25) is 17.6 Å². The summed E-state index contributed by atoms with van der Waals surface area (Å²) in [5.41, 5.74) is 5.33. The second kappa shape index (κ2) is 13.4. The summed E-state index contributed by atoms with van der Waals surface area (Å²) in [6.45, 7) is 6.97. The minimum absolute atomic E-state index is 0.0104. The van der Waals surface area contributed by atoms with E-state index in [2.05, 4.69) is 16.0 Å². The van der Waals surface area contributed by atoms with Gasteiger partial charge in [-0.05, 0) is 66.3 Å². The van der Waals surface area contributed by atoms with Crippen LogP contribution in [0.2, 0.25) is 0 Å². The standard InChI is InChI=1S/C37H53N5O6/c1-35(2,3)30(40-34(47)41-36(15-8-5-9-16-36)22-48-21-24-11-6-4-7-12-24)33(46)42-20-25-27(37(25)17-18-37)28(42)32(45)39-26(29(43)31(38)44)19-23-13-10-14-23/h4,6-7,11-12,23,25-28,30H,5,8-10,13-22H2,1-3H3,(H2,38,44)(H,39,45)(H2,40,41,47)/t25-,26?,27-,28-,30+/m0/s1. The molecule has 48 heavy (non-hydrogen) atoms. The maximum absolute atomic E-state index is 14.4. The van der Waals surface area contributed by atoms with Gasteiger partial charge in [-0.15, -0.1) is 0 Å². The molecule has 1 aromatic carbocycles. The van der Waals surface area contributed by atoms with Crippen LogP contribution in [0.25, 0.3) is 0 Å². The molecule has 1 heterocycles. The Morgan fingerprint density at radius 1 is 0.958 bits per heavy atom. The highest BCUT2D eigenvalue weighted by Crippen LogP contribution is 2.78. The molecule has 6 rings (SSSR count). The molecule has 0 aromatic heterocycles. The number of ether oxygens (including phenoxy) is 1. The Morgan fingerprint density at radius 3 is 2.23 bits per heavy atom. The van der Waals surface area contributed by atoms with Crippen molar-refractivity contribution in [1.29, 1.82) is 0 Å². The first kappa shape index (κ1) is 34.4. The van der Waals surface area contributed by atoms with E-state index in [1.165, 1.54) is 0 Å². The Morgan fingerprint density at radius 2 is 1.65 bits per heavy atom. The van der Waals surface area contributed by atoms with E-state index in [1.54, 1.807) is 4.90 Å². The molecule has 5 atom stereocenters. The lowest BCUT2D eigenvalue weighted by atomic mass is 9.80. The van der Waals surface area contributed by atoms with Crippen molar-refractivity contribution in [3.8, 4) is 0 Å². The summed E-state index contributed by atoms with van der Waals surface area (Å²) in [6, 6.07) is 6.85.